The Hall–Kier alpha value is -3.43. The lowest BCUT2D eigenvalue weighted by Crippen LogP contribution is -2.40. The van der Waals surface area contributed by atoms with Crippen LogP contribution in [0.2, 0.25) is 0 Å². The average Bonchev–Trinajstić information content (AvgIpc) is 3.33. The maximum absolute atomic E-state index is 13.7. The molecule has 1 aromatic carbocycles. The van der Waals surface area contributed by atoms with Crippen LogP contribution in [0, 0.1) is 5.82 Å². The highest BCUT2D eigenvalue weighted by Crippen LogP contribution is 2.21. The molecule has 4 rings (SSSR count). The van der Waals surface area contributed by atoms with E-state index in [1.807, 2.05) is 7.05 Å². The molecular weight excluding hydrogens is 401 g/mol. The molecule has 0 bridgehead atoms. The van der Waals surface area contributed by atoms with Crippen molar-refractivity contribution < 1.29 is 9.18 Å². The minimum Gasteiger partial charge on any atom is -0.338 e. The van der Waals surface area contributed by atoms with E-state index in [4.69, 9.17) is 0 Å². The normalized spacial score (nSPS) is 14.1. The highest BCUT2D eigenvalue weighted by Gasteiger charge is 2.21. The molecule has 0 spiro atoms. The predicted molar refractivity (Wildman–Crippen MR) is 112 cm³/mol. The molecule has 1 atom stereocenters. The summed E-state index contributed by atoms with van der Waals surface area (Å²) in [7, 11) is 1.82. The summed E-state index contributed by atoms with van der Waals surface area (Å²) in [5.41, 5.74) is 0.514. The number of benzene rings is 1. The number of rotatable bonds is 7. The fourth-order valence-electron chi connectivity index (χ4n) is 3.85. The summed E-state index contributed by atoms with van der Waals surface area (Å²) >= 11 is 0. The molecule has 2 amide bonds. The second-order valence-electron chi connectivity index (χ2n) is 7.67. The van der Waals surface area contributed by atoms with Crippen LogP contribution in [0.4, 0.5) is 9.18 Å². The van der Waals surface area contributed by atoms with Gasteiger partial charge in [-0.25, -0.2) is 23.6 Å². The first-order valence-electron chi connectivity index (χ1n) is 10.5. The molecule has 2 N–H and O–H groups in total. The Balaban J connectivity index is 1.35. The Labute approximate surface area is 178 Å². The molecule has 0 fully saturated rings. The van der Waals surface area contributed by atoms with Crippen LogP contribution in [-0.4, -0.2) is 36.5 Å². The molecule has 0 saturated heterocycles. The number of imidazole rings is 1. The summed E-state index contributed by atoms with van der Waals surface area (Å²) in [6, 6.07) is 5.09. The predicted octanol–water partition coefficient (Wildman–Crippen LogP) is 1.73. The van der Waals surface area contributed by atoms with Crippen LogP contribution < -0.4 is 16.3 Å². The van der Waals surface area contributed by atoms with Crippen molar-refractivity contribution in [3.63, 3.8) is 0 Å². The zero-order valence-corrected chi connectivity index (χ0v) is 17.4. The molecule has 0 radical (unpaired) electrons. The van der Waals surface area contributed by atoms with Gasteiger partial charge in [-0.05, 0) is 37.0 Å². The first kappa shape index (κ1) is 20.8. The number of aromatic nitrogens is 5. The van der Waals surface area contributed by atoms with Gasteiger partial charge in [0.15, 0.2) is 0 Å². The Kier molecular flexibility index (Phi) is 6.15. The highest BCUT2D eigenvalue weighted by atomic mass is 19.1. The Morgan fingerprint density at radius 3 is 2.94 bits per heavy atom. The molecule has 3 aromatic rings. The van der Waals surface area contributed by atoms with Crippen molar-refractivity contribution in [2.45, 2.75) is 44.8 Å². The van der Waals surface area contributed by atoms with Gasteiger partial charge < -0.3 is 15.2 Å². The molecule has 1 aliphatic heterocycles. The third-order valence-electron chi connectivity index (χ3n) is 5.44. The van der Waals surface area contributed by atoms with E-state index in [1.165, 1.54) is 16.8 Å². The fourth-order valence-corrected chi connectivity index (χ4v) is 3.85. The van der Waals surface area contributed by atoms with Crippen LogP contribution >= 0.6 is 0 Å². The van der Waals surface area contributed by atoms with Gasteiger partial charge in [-0.3, -0.25) is 4.57 Å². The first-order valence-corrected chi connectivity index (χ1v) is 10.5. The van der Waals surface area contributed by atoms with E-state index in [2.05, 4.69) is 20.7 Å². The number of carbonyl (C=O) groups excluding carboxylic acids is 1. The first-order chi connectivity index (χ1) is 15.0. The van der Waals surface area contributed by atoms with E-state index in [-0.39, 0.29) is 11.5 Å². The van der Waals surface area contributed by atoms with E-state index >= 15 is 0 Å². The number of nitrogens with one attached hydrogen (secondary N) is 2. The summed E-state index contributed by atoms with van der Waals surface area (Å²) < 4.78 is 18.7. The molecule has 1 aliphatic rings. The lowest BCUT2D eigenvalue weighted by Gasteiger charge is -2.19. The molecule has 31 heavy (non-hydrogen) atoms. The van der Waals surface area contributed by atoms with Crippen molar-refractivity contribution in [1.29, 1.82) is 0 Å². The monoisotopic (exact) mass is 427 g/mol. The zero-order chi connectivity index (χ0) is 21.8. The topological polar surface area (TPSA) is 98.8 Å². The Bertz CT molecular complexity index is 1120. The van der Waals surface area contributed by atoms with Crippen molar-refractivity contribution in [1.82, 2.24) is 34.5 Å². The van der Waals surface area contributed by atoms with Gasteiger partial charge in [-0.1, -0.05) is 12.1 Å². The molecule has 9 nitrogen and oxygen atoms in total. The van der Waals surface area contributed by atoms with Gasteiger partial charge in [-0.15, -0.1) is 0 Å². The molecule has 10 heteroatoms. The lowest BCUT2D eigenvalue weighted by atomic mass is 10.1. The molecule has 164 valence electrons. The van der Waals surface area contributed by atoms with Crippen LogP contribution in [0.1, 0.15) is 42.5 Å². The summed E-state index contributed by atoms with van der Waals surface area (Å²) in [5, 5.41) is 10.1. The van der Waals surface area contributed by atoms with Crippen LogP contribution in [0.15, 0.2) is 41.5 Å². The third kappa shape index (κ3) is 4.68. The number of urea groups is 1. The number of carbonyl (C=O) groups is 1. The minimum absolute atomic E-state index is 0.0832. The number of amides is 2. The number of hydrogen-bond acceptors (Lipinski definition) is 4. The summed E-state index contributed by atoms with van der Waals surface area (Å²) in [4.78, 5) is 29.2. The zero-order valence-electron chi connectivity index (χ0n) is 17.4. The third-order valence-corrected chi connectivity index (χ3v) is 5.44. The Morgan fingerprint density at radius 2 is 2.19 bits per heavy atom. The van der Waals surface area contributed by atoms with Crippen molar-refractivity contribution in [2.75, 3.05) is 6.54 Å². The van der Waals surface area contributed by atoms with Crippen LogP contribution in [0.5, 0.6) is 0 Å². The maximum atomic E-state index is 13.7. The second-order valence-corrected chi connectivity index (χ2v) is 7.67. The standard InChI is InChI=1S/C21H26FN7O2/c1-27-13-10-23-19(27)18(15-6-4-7-16(22)14-15)25-20(30)24-9-5-12-29-21(31)28-11-3-2-8-17(28)26-29/h4,6-7,10,13-14,18H,2-3,5,8-9,11-12H2,1H3,(H2,24,25,30). The maximum Gasteiger partial charge on any atom is 0.345 e. The van der Waals surface area contributed by atoms with E-state index in [9.17, 15) is 14.0 Å². The van der Waals surface area contributed by atoms with Crippen LogP contribution in [0.3, 0.4) is 0 Å². The molecular formula is C21H26FN7O2. The van der Waals surface area contributed by atoms with Crippen molar-refractivity contribution in [3.05, 3.63) is 70.2 Å². The quantitative estimate of drug-likeness (QED) is 0.561. The van der Waals surface area contributed by atoms with E-state index < -0.39 is 12.1 Å². The summed E-state index contributed by atoms with van der Waals surface area (Å²) in [5.74, 6) is 1.05. The molecule has 1 unspecified atom stereocenters. The van der Waals surface area contributed by atoms with E-state index in [0.29, 0.717) is 30.9 Å². The lowest BCUT2D eigenvalue weighted by molar-refractivity contribution is 0.237. The Morgan fingerprint density at radius 1 is 1.32 bits per heavy atom. The van der Waals surface area contributed by atoms with Gasteiger partial charge in [0.1, 0.15) is 23.5 Å². The smallest absolute Gasteiger partial charge is 0.338 e. The summed E-state index contributed by atoms with van der Waals surface area (Å²) in [6.45, 7) is 1.53. The van der Waals surface area contributed by atoms with Gasteiger partial charge in [-0.2, -0.15) is 5.10 Å². The number of nitrogens with zero attached hydrogens (tertiary/aromatic N) is 5. The fraction of sp³-hybridized carbons (Fsp3) is 0.429. The molecule has 0 aliphatic carbocycles. The van der Waals surface area contributed by atoms with Crippen molar-refractivity contribution in [3.8, 4) is 0 Å². The second kappa shape index (κ2) is 9.15. The van der Waals surface area contributed by atoms with E-state index in [0.717, 1.165) is 31.6 Å². The van der Waals surface area contributed by atoms with Gasteiger partial charge in [0.05, 0.1) is 0 Å². The van der Waals surface area contributed by atoms with Gasteiger partial charge in [0, 0.05) is 45.5 Å². The molecule has 3 heterocycles. The van der Waals surface area contributed by atoms with Gasteiger partial charge >= 0.3 is 11.7 Å². The number of aryl methyl sites for hydroxylation is 3. The largest absolute Gasteiger partial charge is 0.345 e. The van der Waals surface area contributed by atoms with Crippen LogP contribution in [0.25, 0.3) is 0 Å². The average molecular weight is 427 g/mol. The number of fused-ring (bicyclic) bond motifs is 1. The highest BCUT2D eigenvalue weighted by molar-refractivity contribution is 5.74. The van der Waals surface area contributed by atoms with Gasteiger partial charge in [0.2, 0.25) is 0 Å². The SMILES string of the molecule is Cn1ccnc1C(NC(=O)NCCCn1nc2n(c1=O)CCCC2)c1cccc(F)c1. The molecule has 0 saturated carbocycles. The summed E-state index contributed by atoms with van der Waals surface area (Å²) in [6.07, 6.45) is 6.85. The molecule has 2 aromatic heterocycles. The minimum atomic E-state index is -0.599. The van der Waals surface area contributed by atoms with E-state index in [1.54, 1.807) is 33.7 Å². The number of hydrogen-bond donors (Lipinski definition) is 2. The van der Waals surface area contributed by atoms with Crippen molar-refractivity contribution >= 4 is 6.03 Å². The van der Waals surface area contributed by atoms with Crippen molar-refractivity contribution in [2.24, 2.45) is 7.05 Å². The number of halogens is 1. The van der Waals surface area contributed by atoms with Crippen LogP contribution in [-0.2, 0) is 26.6 Å². The van der Waals surface area contributed by atoms with Gasteiger partial charge in [0.25, 0.3) is 0 Å².